The molecule has 0 bridgehead atoms. The van der Waals surface area contributed by atoms with Gasteiger partial charge in [0.2, 0.25) is 0 Å². The molecule has 0 atom stereocenters. The highest BCUT2D eigenvalue weighted by atomic mass is 32.2. The maximum Gasteiger partial charge on any atom is 0.192 e. The van der Waals surface area contributed by atoms with Crippen LogP contribution in [0.4, 0.5) is 5.69 Å². The van der Waals surface area contributed by atoms with Crippen LogP contribution < -0.4 is 5.32 Å². The fourth-order valence-electron chi connectivity index (χ4n) is 2.53. The molecule has 1 aliphatic carbocycles. The molecule has 1 aliphatic rings. The lowest BCUT2D eigenvalue weighted by Gasteiger charge is -2.15. The van der Waals surface area contributed by atoms with Gasteiger partial charge >= 0.3 is 0 Å². The third kappa shape index (κ3) is 4.49. The van der Waals surface area contributed by atoms with E-state index in [1.165, 1.54) is 44.8 Å². The van der Waals surface area contributed by atoms with E-state index in [0.717, 1.165) is 18.2 Å². The van der Waals surface area contributed by atoms with Crippen molar-refractivity contribution in [1.82, 2.24) is 4.98 Å². The number of nitrogens with one attached hydrogen (secondary N) is 1. The summed E-state index contributed by atoms with van der Waals surface area (Å²) in [5, 5.41) is 3.50. The van der Waals surface area contributed by atoms with Crippen LogP contribution in [0.2, 0.25) is 0 Å². The molecule has 0 radical (unpaired) electrons. The maximum absolute atomic E-state index is 11.3. The van der Waals surface area contributed by atoms with E-state index in [9.17, 15) is 8.42 Å². The van der Waals surface area contributed by atoms with E-state index >= 15 is 0 Å². The van der Waals surface area contributed by atoms with Gasteiger partial charge in [0.05, 0.1) is 11.9 Å². The number of anilines is 1. The Balaban J connectivity index is 1.89. The molecule has 1 aromatic heterocycles. The van der Waals surface area contributed by atoms with Gasteiger partial charge < -0.3 is 5.32 Å². The molecule has 1 heterocycles. The Morgan fingerprint density at radius 1 is 1.21 bits per heavy atom. The van der Waals surface area contributed by atoms with Crippen molar-refractivity contribution >= 4 is 15.5 Å². The first-order valence-electron chi connectivity index (χ1n) is 6.96. The van der Waals surface area contributed by atoms with Crippen LogP contribution >= 0.6 is 0 Å². The summed E-state index contributed by atoms with van der Waals surface area (Å²) >= 11 is 0. The number of sulfone groups is 1. The summed E-state index contributed by atoms with van der Waals surface area (Å²) in [6, 6.07) is 3.35. The van der Waals surface area contributed by atoms with Crippen molar-refractivity contribution in [2.24, 2.45) is 5.92 Å². The Labute approximate surface area is 115 Å². The number of hydrogen-bond donors (Lipinski definition) is 1. The fourth-order valence-corrected chi connectivity index (χ4v) is 3.09. The summed E-state index contributed by atoms with van der Waals surface area (Å²) in [6.45, 7) is 0.958. The zero-order chi connectivity index (χ0) is 13.7. The van der Waals surface area contributed by atoms with Crippen LogP contribution in [0.1, 0.15) is 38.5 Å². The number of aromatic nitrogens is 1. The van der Waals surface area contributed by atoms with Crippen molar-refractivity contribution in [3.63, 3.8) is 0 Å². The first kappa shape index (κ1) is 14.3. The summed E-state index contributed by atoms with van der Waals surface area (Å²) in [6.07, 6.45) is 10.8. The number of pyridine rings is 1. The standard InChI is InChI=1S/C14H22N2O2S/c1-19(17,18)14-9-8-13(11-16-14)15-10-12-6-4-2-3-5-7-12/h8-9,11-12,15H,2-7,10H2,1H3. The smallest absolute Gasteiger partial charge is 0.192 e. The molecule has 0 unspecified atom stereocenters. The molecule has 4 nitrogen and oxygen atoms in total. The van der Waals surface area contributed by atoms with Gasteiger partial charge in [-0.25, -0.2) is 13.4 Å². The molecule has 1 fully saturated rings. The molecule has 0 aliphatic heterocycles. The highest BCUT2D eigenvalue weighted by Gasteiger charge is 2.12. The van der Waals surface area contributed by atoms with Crippen LogP contribution in [0.5, 0.6) is 0 Å². The highest BCUT2D eigenvalue weighted by molar-refractivity contribution is 7.90. The summed E-state index contributed by atoms with van der Waals surface area (Å²) in [4.78, 5) is 3.98. The lowest BCUT2D eigenvalue weighted by Crippen LogP contribution is -2.14. The quantitative estimate of drug-likeness (QED) is 0.863. The van der Waals surface area contributed by atoms with Crippen LogP contribution in [-0.4, -0.2) is 26.2 Å². The lowest BCUT2D eigenvalue weighted by molar-refractivity contribution is 0.483. The predicted molar refractivity (Wildman–Crippen MR) is 77.0 cm³/mol. The van der Waals surface area contributed by atoms with E-state index in [1.807, 2.05) is 0 Å². The fraction of sp³-hybridized carbons (Fsp3) is 0.643. The van der Waals surface area contributed by atoms with Crippen LogP contribution in [0, 0.1) is 5.92 Å². The number of rotatable bonds is 4. The van der Waals surface area contributed by atoms with E-state index < -0.39 is 9.84 Å². The van der Waals surface area contributed by atoms with E-state index in [4.69, 9.17) is 0 Å². The Kier molecular flexibility index (Phi) is 4.80. The van der Waals surface area contributed by atoms with Gasteiger partial charge in [0.1, 0.15) is 0 Å². The van der Waals surface area contributed by atoms with Crippen molar-refractivity contribution in [1.29, 1.82) is 0 Å². The van der Waals surface area contributed by atoms with Crippen LogP contribution in [0.3, 0.4) is 0 Å². The number of nitrogens with zero attached hydrogens (tertiary/aromatic N) is 1. The molecule has 1 aromatic rings. The van der Waals surface area contributed by atoms with Crippen molar-refractivity contribution in [2.75, 3.05) is 18.1 Å². The van der Waals surface area contributed by atoms with E-state index in [-0.39, 0.29) is 5.03 Å². The van der Waals surface area contributed by atoms with Gasteiger partial charge in [-0.05, 0) is 30.9 Å². The topological polar surface area (TPSA) is 59.1 Å². The molecule has 106 valence electrons. The lowest BCUT2D eigenvalue weighted by atomic mass is 10.0. The Morgan fingerprint density at radius 2 is 1.89 bits per heavy atom. The SMILES string of the molecule is CS(=O)(=O)c1ccc(NCC2CCCCCC2)cn1. The average molecular weight is 282 g/mol. The summed E-state index contributed by atoms with van der Waals surface area (Å²) < 4.78 is 22.6. The molecular formula is C14H22N2O2S. The van der Waals surface area contributed by atoms with E-state index in [2.05, 4.69) is 10.3 Å². The van der Waals surface area contributed by atoms with Crippen molar-refractivity contribution in [3.8, 4) is 0 Å². The van der Waals surface area contributed by atoms with Gasteiger partial charge in [0.15, 0.2) is 14.9 Å². The van der Waals surface area contributed by atoms with Gasteiger partial charge in [-0.2, -0.15) is 0 Å². The average Bonchev–Trinajstić information content (AvgIpc) is 2.64. The highest BCUT2D eigenvalue weighted by Crippen LogP contribution is 2.23. The van der Waals surface area contributed by atoms with Crippen molar-refractivity contribution < 1.29 is 8.42 Å². The molecule has 1 N–H and O–H groups in total. The van der Waals surface area contributed by atoms with Gasteiger partial charge in [0, 0.05) is 12.8 Å². The molecule has 0 spiro atoms. The van der Waals surface area contributed by atoms with Crippen molar-refractivity contribution in [2.45, 2.75) is 43.6 Å². The second kappa shape index (κ2) is 6.37. The predicted octanol–water partition coefficient (Wildman–Crippen LogP) is 2.87. The van der Waals surface area contributed by atoms with Gasteiger partial charge in [0.25, 0.3) is 0 Å². The zero-order valence-corrected chi connectivity index (χ0v) is 12.2. The van der Waals surface area contributed by atoms with E-state index in [0.29, 0.717) is 0 Å². The normalized spacial score (nSPS) is 17.9. The first-order valence-corrected chi connectivity index (χ1v) is 8.85. The zero-order valence-electron chi connectivity index (χ0n) is 11.4. The van der Waals surface area contributed by atoms with Gasteiger partial charge in [-0.3, -0.25) is 0 Å². The summed E-state index contributed by atoms with van der Waals surface area (Å²) in [5.41, 5.74) is 0.900. The molecule has 0 saturated heterocycles. The third-order valence-electron chi connectivity index (χ3n) is 3.69. The van der Waals surface area contributed by atoms with Crippen LogP contribution in [-0.2, 0) is 9.84 Å². The summed E-state index contributed by atoms with van der Waals surface area (Å²) in [7, 11) is -3.20. The minimum absolute atomic E-state index is 0.132. The van der Waals surface area contributed by atoms with Gasteiger partial charge in [-0.15, -0.1) is 0 Å². The minimum Gasteiger partial charge on any atom is -0.384 e. The van der Waals surface area contributed by atoms with Crippen molar-refractivity contribution in [3.05, 3.63) is 18.3 Å². The molecule has 2 rings (SSSR count). The third-order valence-corrected chi connectivity index (χ3v) is 4.69. The van der Waals surface area contributed by atoms with Crippen LogP contribution in [0.25, 0.3) is 0 Å². The maximum atomic E-state index is 11.3. The Morgan fingerprint density at radius 3 is 2.42 bits per heavy atom. The Bertz CT molecular complexity index is 489. The largest absolute Gasteiger partial charge is 0.384 e. The second-order valence-electron chi connectivity index (χ2n) is 5.40. The first-order chi connectivity index (χ1) is 9.05. The minimum atomic E-state index is -3.20. The molecule has 1 saturated carbocycles. The van der Waals surface area contributed by atoms with Gasteiger partial charge in [-0.1, -0.05) is 25.7 Å². The summed E-state index contributed by atoms with van der Waals surface area (Å²) in [5.74, 6) is 0.733. The molecule has 0 aromatic carbocycles. The Hall–Kier alpha value is -1.10. The van der Waals surface area contributed by atoms with Crippen LogP contribution in [0.15, 0.2) is 23.4 Å². The molecule has 5 heteroatoms. The molecule has 0 amide bonds. The second-order valence-corrected chi connectivity index (χ2v) is 7.36. The monoisotopic (exact) mass is 282 g/mol. The molecular weight excluding hydrogens is 260 g/mol. The number of hydrogen-bond acceptors (Lipinski definition) is 4. The van der Waals surface area contributed by atoms with E-state index in [1.54, 1.807) is 18.3 Å². The molecule has 19 heavy (non-hydrogen) atoms.